The minimum atomic E-state index is -1.10. The van der Waals surface area contributed by atoms with Crippen LogP contribution in [0.4, 0.5) is 0 Å². The molecule has 0 amide bonds. The molecule has 30 nitrogen and oxygen atoms in total. The Labute approximate surface area is 634 Å². The Morgan fingerprint density at radius 2 is 0.850 bits per heavy atom. The molecule has 4 aromatic heterocycles. The molecule has 5 aromatic rings. The largest absolute Gasteiger partial charge is 0.477 e. The fraction of sp³-hybridized carbons (Fsp3) is 0.553. The van der Waals surface area contributed by atoms with Crippen LogP contribution in [0.1, 0.15) is 94.7 Å². The lowest BCUT2D eigenvalue weighted by atomic mass is 9.98. The van der Waals surface area contributed by atoms with Crippen LogP contribution in [0.5, 0.6) is 0 Å². The number of nitrogens with two attached hydrogens (primary N) is 2. The van der Waals surface area contributed by atoms with Gasteiger partial charge in [-0.1, -0.05) is 55.1 Å². The number of fused-ring (bicyclic) bond motifs is 1. The van der Waals surface area contributed by atoms with E-state index in [-0.39, 0.29) is 49.8 Å². The number of nitrogens with one attached hydrogen (secondary N) is 1. The average Bonchev–Trinajstić information content (AvgIpc) is 1.31. The summed E-state index contributed by atoms with van der Waals surface area (Å²) >= 11 is 1.88. The molecule has 0 bridgehead atoms. The van der Waals surface area contributed by atoms with Gasteiger partial charge in [-0.15, -0.1) is 0 Å². The van der Waals surface area contributed by atoms with Crippen LogP contribution >= 0.6 is 11.8 Å². The zero-order chi connectivity index (χ0) is 74.5. The Bertz CT molecular complexity index is 3210. The van der Waals surface area contributed by atoms with E-state index < -0.39 is 29.9 Å². The van der Waals surface area contributed by atoms with Crippen LogP contribution in [0.3, 0.4) is 0 Å². The molecule has 6 heterocycles. The van der Waals surface area contributed by atoms with Crippen molar-refractivity contribution in [3.8, 4) is 0 Å². The van der Waals surface area contributed by atoms with E-state index in [1.54, 1.807) is 24.3 Å². The maximum absolute atomic E-state index is 11.9. The van der Waals surface area contributed by atoms with Crippen molar-refractivity contribution in [3.05, 3.63) is 175 Å². The molecule has 107 heavy (non-hydrogen) atoms. The van der Waals surface area contributed by atoms with E-state index in [9.17, 15) is 39.6 Å². The quantitative estimate of drug-likeness (QED) is 0.0223. The van der Waals surface area contributed by atoms with Gasteiger partial charge >= 0.3 is 23.9 Å². The lowest BCUT2D eigenvalue weighted by Gasteiger charge is -2.32. The summed E-state index contributed by atoms with van der Waals surface area (Å²) in [6, 6.07) is 27.7. The standard InChI is InChI=1S/C40H56N6O10.C34H51N5O9S.2CH3/c1-31(42-13-19-52-25-24-51-18-12-41)32-8-10-33(11-9-32)38(35-5-3-7-37(44-35)40(49)50)46-16-22-55-28-26-53-20-14-45(15-21-54-27-29-56-23-17-46)30-34-4-2-6-36(43-34)39(47)48;35-7-12-44-19-20-49-25-26-21-31-32(22-26)48-16-11-39(24-28-4-2-6-30(37-28)34(42)43)9-14-46-18-17-45-13-8-38(10-15-47-31)23-27-3-1-5-29(36-27)33(40)41;;/h2-11,38,42H,1,12-30,41H2,(H,47,48)(H,49,50);1-6,26,31-32H,7-25,35H2,(H,40,41)(H,42,43);2*1H3/q;;2*+1. The fourth-order valence-electron chi connectivity index (χ4n) is 11.7. The predicted octanol–water partition coefficient (Wildman–Crippen LogP) is 5.41. The lowest BCUT2D eigenvalue weighted by molar-refractivity contribution is -0.0669. The van der Waals surface area contributed by atoms with Crippen LogP contribution in [0, 0.1) is 20.8 Å². The van der Waals surface area contributed by atoms with Gasteiger partial charge in [0, 0.05) is 118 Å². The molecule has 8 rings (SSSR count). The van der Waals surface area contributed by atoms with Gasteiger partial charge in [-0.25, -0.2) is 39.1 Å². The molecule has 0 radical (unpaired) electrons. The molecule has 1 aliphatic carbocycles. The Kier molecular flexibility index (Phi) is 45.1. The number of carboxylic acids is 4. The average molecular weight is 1520 g/mol. The zero-order valence-electron chi connectivity index (χ0n) is 62.2. The lowest BCUT2D eigenvalue weighted by Crippen LogP contribution is -2.36. The first kappa shape index (κ1) is 90.3. The normalized spacial score (nSPS) is 19.1. The Morgan fingerprint density at radius 3 is 1.26 bits per heavy atom. The first-order chi connectivity index (χ1) is 51.3. The summed E-state index contributed by atoms with van der Waals surface area (Å²) in [6.45, 7) is 21.1. The minimum absolute atomic E-state index is 0. The first-order valence-corrected chi connectivity index (χ1v) is 37.0. The van der Waals surface area contributed by atoms with Crippen LogP contribution in [0.15, 0.2) is 104 Å². The number of rotatable bonds is 30. The third-order valence-electron chi connectivity index (χ3n) is 17.0. The molecule has 3 unspecified atom stereocenters. The maximum Gasteiger partial charge on any atom is 0.354 e. The van der Waals surface area contributed by atoms with E-state index in [2.05, 4.69) is 51.4 Å². The molecule has 1 aromatic carbocycles. The van der Waals surface area contributed by atoms with Gasteiger partial charge in [-0.2, -0.15) is 11.8 Å². The highest BCUT2D eigenvalue weighted by molar-refractivity contribution is 7.99. The summed E-state index contributed by atoms with van der Waals surface area (Å²) in [5, 5.41) is 41.2. The van der Waals surface area contributed by atoms with Crippen molar-refractivity contribution in [1.82, 2.24) is 44.9 Å². The fourth-order valence-corrected chi connectivity index (χ4v) is 12.7. The van der Waals surface area contributed by atoms with E-state index in [1.165, 1.54) is 24.3 Å². The molecule has 590 valence electrons. The number of hydrogen-bond donors (Lipinski definition) is 7. The van der Waals surface area contributed by atoms with Gasteiger partial charge in [-0.3, -0.25) is 19.6 Å². The second-order valence-electron chi connectivity index (χ2n) is 24.8. The van der Waals surface area contributed by atoms with E-state index in [0.717, 1.165) is 41.2 Å². The van der Waals surface area contributed by atoms with Gasteiger partial charge < -0.3 is 89.3 Å². The minimum Gasteiger partial charge on any atom is -0.477 e. The number of aromatic nitrogens is 4. The second kappa shape index (κ2) is 53.5. The molecule has 9 N–H and O–H groups in total. The summed E-state index contributed by atoms with van der Waals surface area (Å²) in [5.41, 5.74) is 16.1. The van der Waals surface area contributed by atoms with Crippen molar-refractivity contribution in [3.63, 3.8) is 0 Å². The SMILES string of the molecule is C=C(NCCOCCOCCN)c1ccc(C(c2cccc(C(=O)O)n2)N2CCOCCOCCN(Cc3cccc(C(=O)O)n3)CCOCCOCC2)cc1.NCCOCCSCC1CC2OCCN(Cc3cccc(C(=O)O)n3)CCOCCOCCN(Cc3cccc(C(=O)O)n3)CCOC2C1.[CH3+].[CH3+]. The van der Waals surface area contributed by atoms with E-state index in [0.29, 0.717) is 252 Å². The summed E-state index contributed by atoms with van der Waals surface area (Å²) in [7, 11) is 0. The van der Waals surface area contributed by atoms with Crippen molar-refractivity contribution in [2.45, 2.75) is 50.7 Å². The van der Waals surface area contributed by atoms with Crippen LogP contribution in [0.2, 0.25) is 0 Å². The van der Waals surface area contributed by atoms with Crippen molar-refractivity contribution >= 4 is 41.3 Å². The number of carbonyl (C=O) groups is 4. The Morgan fingerprint density at radius 1 is 0.477 bits per heavy atom. The number of carboxylic acid groups (broad SMARTS) is 4. The Balaban J connectivity index is 0.000000380. The van der Waals surface area contributed by atoms with Crippen LogP contribution < -0.4 is 16.8 Å². The number of thioether (sulfide) groups is 1. The van der Waals surface area contributed by atoms with Gasteiger partial charge in [0.05, 0.1) is 173 Å². The van der Waals surface area contributed by atoms with Crippen molar-refractivity contribution in [1.29, 1.82) is 0 Å². The van der Waals surface area contributed by atoms with Gasteiger partial charge in [0.15, 0.2) is 0 Å². The van der Waals surface area contributed by atoms with Crippen LogP contribution in [-0.4, -0.2) is 312 Å². The third kappa shape index (κ3) is 35.3. The van der Waals surface area contributed by atoms with E-state index >= 15 is 0 Å². The maximum atomic E-state index is 11.9. The van der Waals surface area contributed by atoms with Crippen molar-refractivity contribution < 1.29 is 91.7 Å². The molecule has 31 heteroatoms. The topological polar surface area (TPSA) is 379 Å². The number of benzene rings is 1. The molecular formula is C76H113N11O19S+2. The molecule has 3 atom stereocenters. The molecule has 3 fully saturated rings. The predicted molar refractivity (Wildman–Crippen MR) is 405 cm³/mol. The number of ether oxygens (including phenoxy) is 11. The van der Waals surface area contributed by atoms with Crippen molar-refractivity contribution in [2.24, 2.45) is 17.4 Å². The number of nitrogens with zero attached hydrogens (tertiary/aromatic N) is 8. The highest BCUT2D eigenvalue weighted by Gasteiger charge is 2.36. The van der Waals surface area contributed by atoms with Gasteiger partial charge in [-0.05, 0) is 84.2 Å². The highest BCUT2D eigenvalue weighted by Crippen LogP contribution is 2.34. The monoisotopic (exact) mass is 1520 g/mol. The molecular weight excluding hydrogens is 1400 g/mol. The van der Waals surface area contributed by atoms with Crippen LogP contribution in [-0.2, 0) is 71.7 Å². The van der Waals surface area contributed by atoms with Gasteiger partial charge in [0.25, 0.3) is 0 Å². The summed E-state index contributed by atoms with van der Waals surface area (Å²) in [6.07, 6.45) is 1.68. The first-order valence-electron chi connectivity index (χ1n) is 35.9. The zero-order valence-corrected chi connectivity index (χ0v) is 63.0. The summed E-state index contributed by atoms with van der Waals surface area (Å²) in [5.74, 6) is -1.92. The number of hydrogen-bond acceptors (Lipinski definition) is 27. The summed E-state index contributed by atoms with van der Waals surface area (Å²) in [4.78, 5) is 72.3. The molecule has 2 saturated heterocycles. The smallest absolute Gasteiger partial charge is 0.354 e. The highest BCUT2D eigenvalue weighted by atomic mass is 32.2. The number of aromatic carboxylic acids is 4. The molecule has 2 aliphatic heterocycles. The third-order valence-corrected chi connectivity index (χ3v) is 18.2. The van der Waals surface area contributed by atoms with Gasteiger partial charge in [0.2, 0.25) is 0 Å². The molecule has 1 saturated carbocycles. The summed E-state index contributed by atoms with van der Waals surface area (Å²) < 4.78 is 65.1. The molecule has 3 aliphatic rings. The molecule has 0 spiro atoms. The second-order valence-corrected chi connectivity index (χ2v) is 26.0. The van der Waals surface area contributed by atoms with E-state index in [1.807, 2.05) is 60.3 Å². The van der Waals surface area contributed by atoms with Crippen molar-refractivity contribution in [2.75, 3.05) is 216 Å². The number of pyridine rings is 4. The van der Waals surface area contributed by atoms with Gasteiger partial charge in [0.1, 0.15) is 22.8 Å². The Hall–Kier alpha value is -7.35. The van der Waals surface area contributed by atoms with E-state index in [4.69, 9.17) is 63.6 Å². The van der Waals surface area contributed by atoms with Crippen LogP contribution in [0.25, 0.3) is 5.70 Å².